The van der Waals surface area contributed by atoms with Crippen LogP contribution in [0.25, 0.3) is 0 Å². The summed E-state index contributed by atoms with van der Waals surface area (Å²) in [6.07, 6.45) is 1.33. The van der Waals surface area contributed by atoms with E-state index in [-0.39, 0.29) is 17.9 Å². The zero-order chi connectivity index (χ0) is 17.5. The molecule has 2 N–H and O–H groups in total. The van der Waals surface area contributed by atoms with E-state index in [2.05, 4.69) is 15.4 Å². The maximum absolute atomic E-state index is 12.2. The number of thioether (sulfide) groups is 1. The first-order chi connectivity index (χ1) is 11.5. The largest absolute Gasteiger partial charge is 0.453 e. The lowest BCUT2D eigenvalue weighted by atomic mass is 10.1. The van der Waals surface area contributed by atoms with Gasteiger partial charge in [-0.2, -0.15) is 0 Å². The van der Waals surface area contributed by atoms with Gasteiger partial charge in [-0.1, -0.05) is 12.1 Å². The van der Waals surface area contributed by atoms with Crippen LogP contribution >= 0.6 is 23.1 Å². The highest BCUT2D eigenvalue weighted by atomic mass is 32.2. The van der Waals surface area contributed by atoms with Crippen molar-refractivity contribution in [2.45, 2.75) is 11.3 Å². The van der Waals surface area contributed by atoms with Gasteiger partial charge in [0.05, 0.1) is 19.1 Å². The highest BCUT2D eigenvalue weighted by Gasteiger charge is 2.17. The fourth-order valence-corrected chi connectivity index (χ4v) is 3.10. The molecule has 0 saturated heterocycles. The highest BCUT2D eigenvalue weighted by molar-refractivity contribution is 7.98. The summed E-state index contributed by atoms with van der Waals surface area (Å²) in [5.74, 6) is -0.857. The SMILES string of the molecule is COC(=O)NC(=O)c1ccsc1NC(=O)Cc1ccc(SC)cc1. The van der Waals surface area contributed by atoms with Crippen LogP contribution in [0.4, 0.5) is 9.80 Å². The quantitative estimate of drug-likeness (QED) is 0.796. The van der Waals surface area contributed by atoms with Crippen LogP contribution in [-0.2, 0) is 16.0 Å². The maximum atomic E-state index is 12.2. The zero-order valence-electron chi connectivity index (χ0n) is 13.1. The fourth-order valence-electron chi connectivity index (χ4n) is 1.90. The van der Waals surface area contributed by atoms with Crippen molar-refractivity contribution < 1.29 is 19.1 Å². The summed E-state index contributed by atoms with van der Waals surface area (Å²) in [7, 11) is 1.17. The van der Waals surface area contributed by atoms with Crippen molar-refractivity contribution in [3.63, 3.8) is 0 Å². The molecule has 2 rings (SSSR count). The molecule has 0 radical (unpaired) electrons. The predicted molar refractivity (Wildman–Crippen MR) is 94.7 cm³/mol. The second-order valence-electron chi connectivity index (χ2n) is 4.68. The van der Waals surface area contributed by atoms with Crippen LogP contribution in [0.15, 0.2) is 40.6 Å². The van der Waals surface area contributed by atoms with Crippen molar-refractivity contribution in [3.8, 4) is 0 Å². The Morgan fingerprint density at radius 2 is 1.88 bits per heavy atom. The van der Waals surface area contributed by atoms with Crippen molar-refractivity contribution in [1.82, 2.24) is 5.32 Å². The minimum Gasteiger partial charge on any atom is -0.453 e. The molecule has 0 atom stereocenters. The summed E-state index contributed by atoms with van der Waals surface area (Å²) < 4.78 is 4.38. The number of nitrogens with one attached hydrogen (secondary N) is 2. The number of carbonyl (C=O) groups excluding carboxylic acids is 3. The van der Waals surface area contributed by atoms with Crippen LogP contribution < -0.4 is 10.6 Å². The van der Waals surface area contributed by atoms with Gasteiger partial charge >= 0.3 is 6.09 Å². The zero-order valence-corrected chi connectivity index (χ0v) is 14.8. The lowest BCUT2D eigenvalue weighted by Gasteiger charge is -2.07. The van der Waals surface area contributed by atoms with Crippen LogP contribution in [0.5, 0.6) is 0 Å². The molecule has 0 aliphatic heterocycles. The van der Waals surface area contributed by atoms with Crippen molar-refractivity contribution in [2.24, 2.45) is 0 Å². The number of hydrogen-bond donors (Lipinski definition) is 2. The molecule has 0 saturated carbocycles. The van der Waals surface area contributed by atoms with E-state index >= 15 is 0 Å². The van der Waals surface area contributed by atoms with E-state index in [4.69, 9.17) is 0 Å². The number of alkyl carbamates (subject to hydrolysis) is 1. The molecule has 8 heteroatoms. The molecule has 1 aromatic heterocycles. The first kappa shape index (κ1) is 18.0. The maximum Gasteiger partial charge on any atom is 0.413 e. The molecular formula is C16H16N2O4S2. The number of thiophene rings is 1. The van der Waals surface area contributed by atoms with Gasteiger partial charge in [-0.25, -0.2) is 4.79 Å². The summed E-state index contributed by atoms with van der Waals surface area (Å²) in [4.78, 5) is 36.3. The van der Waals surface area contributed by atoms with E-state index < -0.39 is 12.0 Å². The molecule has 0 aliphatic rings. The van der Waals surface area contributed by atoms with E-state index in [0.717, 1.165) is 10.5 Å². The van der Waals surface area contributed by atoms with Gasteiger partial charge in [0.1, 0.15) is 5.00 Å². The van der Waals surface area contributed by atoms with Gasteiger partial charge in [0, 0.05) is 4.90 Å². The number of rotatable bonds is 5. The topological polar surface area (TPSA) is 84.5 Å². The van der Waals surface area contributed by atoms with Crippen LogP contribution in [0.3, 0.4) is 0 Å². The van der Waals surface area contributed by atoms with E-state index in [1.165, 1.54) is 24.5 Å². The summed E-state index contributed by atoms with van der Waals surface area (Å²) in [5, 5.41) is 6.81. The minimum absolute atomic E-state index is 0.199. The molecule has 0 unspecified atom stereocenters. The molecule has 3 amide bonds. The standard InChI is InChI=1S/C16H16N2O4S2/c1-22-16(21)18-14(20)12-7-8-24-15(12)17-13(19)9-10-3-5-11(23-2)6-4-10/h3-8H,9H2,1-2H3,(H,17,19)(H,18,20,21). The van der Waals surface area contributed by atoms with Gasteiger partial charge < -0.3 is 10.1 Å². The van der Waals surface area contributed by atoms with E-state index in [9.17, 15) is 14.4 Å². The number of methoxy groups -OCH3 is 1. The lowest BCUT2D eigenvalue weighted by Crippen LogP contribution is -2.30. The third-order valence-corrected chi connectivity index (χ3v) is 4.66. The first-order valence-electron chi connectivity index (χ1n) is 6.93. The summed E-state index contributed by atoms with van der Waals surface area (Å²) >= 11 is 2.84. The van der Waals surface area contributed by atoms with Gasteiger partial charge in [-0.05, 0) is 35.4 Å². The molecule has 1 heterocycles. The Morgan fingerprint density at radius 1 is 1.17 bits per heavy atom. The number of carbonyl (C=O) groups is 3. The van der Waals surface area contributed by atoms with E-state index in [1.54, 1.807) is 17.1 Å². The Bertz CT molecular complexity index is 741. The van der Waals surface area contributed by atoms with E-state index in [1.807, 2.05) is 30.5 Å². The molecule has 0 aliphatic carbocycles. The Labute approximate surface area is 147 Å². The molecule has 2 aromatic rings. The van der Waals surface area contributed by atoms with Crippen molar-refractivity contribution in [2.75, 3.05) is 18.7 Å². The summed E-state index contributed by atoms with van der Waals surface area (Å²) in [6.45, 7) is 0. The van der Waals surface area contributed by atoms with Crippen LogP contribution in [0.2, 0.25) is 0 Å². The molecule has 0 fully saturated rings. The molecule has 0 bridgehead atoms. The number of hydrogen-bond acceptors (Lipinski definition) is 6. The van der Waals surface area contributed by atoms with Crippen LogP contribution in [0.1, 0.15) is 15.9 Å². The summed E-state index contributed by atoms with van der Waals surface area (Å²) in [5.41, 5.74) is 1.10. The minimum atomic E-state index is -0.850. The van der Waals surface area contributed by atoms with Gasteiger partial charge in [0.15, 0.2) is 0 Å². The van der Waals surface area contributed by atoms with Crippen molar-refractivity contribution in [3.05, 3.63) is 46.8 Å². The molecule has 1 aromatic carbocycles. The number of imide groups is 1. The van der Waals surface area contributed by atoms with Gasteiger partial charge in [0.25, 0.3) is 5.91 Å². The summed E-state index contributed by atoms with van der Waals surface area (Å²) in [6, 6.07) is 9.22. The van der Waals surface area contributed by atoms with E-state index in [0.29, 0.717) is 5.00 Å². The number of anilines is 1. The average molecular weight is 364 g/mol. The molecule has 6 nitrogen and oxygen atoms in total. The highest BCUT2D eigenvalue weighted by Crippen LogP contribution is 2.23. The third-order valence-electron chi connectivity index (χ3n) is 3.09. The molecule has 24 heavy (non-hydrogen) atoms. The molecule has 126 valence electrons. The molecular weight excluding hydrogens is 348 g/mol. The smallest absolute Gasteiger partial charge is 0.413 e. The predicted octanol–water partition coefficient (Wildman–Crippen LogP) is 3.15. The van der Waals surface area contributed by atoms with Gasteiger partial charge in [0.2, 0.25) is 5.91 Å². The van der Waals surface area contributed by atoms with Gasteiger partial charge in [-0.3, -0.25) is 14.9 Å². The Hall–Kier alpha value is -2.32. The first-order valence-corrected chi connectivity index (χ1v) is 9.03. The van der Waals surface area contributed by atoms with Gasteiger partial charge in [-0.15, -0.1) is 23.1 Å². The Balaban J connectivity index is 2.00. The second kappa shape index (κ2) is 8.51. The average Bonchev–Trinajstić information content (AvgIpc) is 3.03. The number of amides is 3. The monoisotopic (exact) mass is 364 g/mol. The number of benzene rings is 1. The fraction of sp³-hybridized carbons (Fsp3) is 0.188. The Kier molecular flexibility index (Phi) is 6.39. The van der Waals surface area contributed by atoms with Crippen molar-refractivity contribution in [1.29, 1.82) is 0 Å². The lowest BCUT2D eigenvalue weighted by molar-refractivity contribution is -0.115. The normalized spacial score (nSPS) is 10.1. The van der Waals surface area contributed by atoms with Crippen LogP contribution in [0, 0.1) is 0 Å². The number of ether oxygens (including phenoxy) is 1. The molecule has 0 spiro atoms. The third kappa shape index (κ3) is 4.84. The second-order valence-corrected chi connectivity index (χ2v) is 6.48. The van der Waals surface area contributed by atoms with Crippen molar-refractivity contribution >= 4 is 46.0 Å². The Morgan fingerprint density at radius 3 is 2.50 bits per heavy atom. The van der Waals surface area contributed by atoms with Crippen LogP contribution in [-0.4, -0.2) is 31.3 Å².